The molecular formula is C38H51N5O5. The Morgan fingerprint density at radius 1 is 1.00 bits per heavy atom. The van der Waals surface area contributed by atoms with Crippen molar-refractivity contribution in [2.75, 3.05) is 26.7 Å². The van der Waals surface area contributed by atoms with Crippen LogP contribution in [0.3, 0.4) is 0 Å². The number of amides is 3. The van der Waals surface area contributed by atoms with Crippen LogP contribution in [0.5, 0.6) is 5.75 Å². The summed E-state index contributed by atoms with van der Waals surface area (Å²) >= 11 is 0. The van der Waals surface area contributed by atoms with E-state index in [-0.39, 0.29) is 30.8 Å². The normalized spacial score (nSPS) is 18.5. The number of nitrogens with zero attached hydrogens (tertiary/aromatic N) is 1. The van der Waals surface area contributed by atoms with Crippen LogP contribution in [0, 0.1) is 5.92 Å². The molecule has 5 atom stereocenters. The van der Waals surface area contributed by atoms with Crippen LogP contribution in [-0.2, 0) is 33.8 Å². The fourth-order valence-corrected chi connectivity index (χ4v) is 6.50. The third-order valence-corrected chi connectivity index (χ3v) is 9.53. The lowest BCUT2D eigenvalue weighted by Crippen LogP contribution is -2.61. The number of ether oxygens (including phenoxy) is 1. The van der Waals surface area contributed by atoms with Gasteiger partial charge in [0.2, 0.25) is 17.7 Å². The van der Waals surface area contributed by atoms with E-state index < -0.39 is 29.6 Å². The van der Waals surface area contributed by atoms with Crippen LogP contribution in [0.4, 0.5) is 0 Å². The van der Waals surface area contributed by atoms with Crippen molar-refractivity contribution in [3.63, 3.8) is 0 Å². The minimum absolute atomic E-state index is 0.161. The third-order valence-electron chi connectivity index (χ3n) is 9.53. The maximum Gasteiger partial charge on any atom is 0.249 e. The van der Waals surface area contributed by atoms with Crippen molar-refractivity contribution in [2.45, 2.75) is 76.2 Å². The molecule has 3 aromatic rings. The smallest absolute Gasteiger partial charge is 0.249 e. The van der Waals surface area contributed by atoms with Gasteiger partial charge in [0.05, 0.1) is 25.8 Å². The fourth-order valence-electron chi connectivity index (χ4n) is 6.50. The van der Waals surface area contributed by atoms with E-state index in [1.165, 1.54) is 0 Å². The lowest BCUT2D eigenvalue weighted by molar-refractivity contribution is -0.144. The highest BCUT2D eigenvalue weighted by Gasteiger charge is 2.53. The first kappa shape index (κ1) is 36.6. The van der Waals surface area contributed by atoms with E-state index in [9.17, 15) is 19.5 Å². The summed E-state index contributed by atoms with van der Waals surface area (Å²) in [6.07, 6.45) is 1.47. The second kappa shape index (κ2) is 17.8. The average molecular weight is 658 g/mol. The first-order valence-corrected chi connectivity index (χ1v) is 16.9. The van der Waals surface area contributed by atoms with Gasteiger partial charge in [0.1, 0.15) is 17.3 Å². The fraction of sp³-hybridized carbons (Fsp3) is 0.447. The number of nitrogens with one attached hydrogen (secondary N) is 3. The Morgan fingerprint density at radius 2 is 1.67 bits per heavy atom. The topological polar surface area (TPSA) is 146 Å². The van der Waals surface area contributed by atoms with E-state index in [1.54, 1.807) is 12.0 Å². The maximum atomic E-state index is 14.3. The van der Waals surface area contributed by atoms with Crippen molar-refractivity contribution >= 4 is 17.7 Å². The van der Waals surface area contributed by atoms with Crippen LogP contribution in [0.2, 0.25) is 0 Å². The number of aryl methyl sites for hydroxylation is 1. The van der Waals surface area contributed by atoms with Gasteiger partial charge < -0.3 is 36.4 Å². The molecule has 1 saturated heterocycles. The Bertz CT molecular complexity index is 1470. The number of likely N-dealkylation sites (tertiary alicyclic amines) is 1. The molecule has 48 heavy (non-hydrogen) atoms. The minimum Gasteiger partial charge on any atom is -0.497 e. The van der Waals surface area contributed by atoms with Crippen molar-refractivity contribution in [1.82, 2.24) is 20.9 Å². The Balaban J connectivity index is 1.57. The number of carbonyl (C=O) groups excluding carboxylic acids is 3. The number of aliphatic hydroxyl groups is 1. The molecule has 0 bridgehead atoms. The van der Waals surface area contributed by atoms with Crippen LogP contribution in [0.15, 0.2) is 84.9 Å². The molecule has 258 valence electrons. The molecule has 3 aromatic carbocycles. The van der Waals surface area contributed by atoms with E-state index in [0.29, 0.717) is 45.2 Å². The van der Waals surface area contributed by atoms with Gasteiger partial charge in [-0.3, -0.25) is 14.4 Å². The summed E-state index contributed by atoms with van der Waals surface area (Å²) in [5.74, 6) is -0.416. The summed E-state index contributed by atoms with van der Waals surface area (Å²) in [6.45, 7) is 4.75. The monoisotopic (exact) mass is 657 g/mol. The molecule has 1 aliphatic heterocycles. The molecule has 10 nitrogen and oxygen atoms in total. The molecule has 4 rings (SSSR count). The maximum absolute atomic E-state index is 14.3. The number of hydrogen-bond donors (Lipinski definition) is 5. The van der Waals surface area contributed by atoms with Crippen LogP contribution in [0.1, 0.15) is 49.8 Å². The number of nitrogens with two attached hydrogens (primary N) is 1. The summed E-state index contributed by atoms with van der Waals surface area (Å²) in [4.78, 5) is 42.8. The lowest BCUT2D eigenvalue weighted by atomic mass is 9.81. The van der Waals surface area contributed by atoms with E-state index in [2.05, 4.69) is 16.0 Å². The molecule has 3 amide bonds. The molecule has 10 heteroatoms. The van der Waals surface area contributed by atoms with Gasteiger partial charge in [0.25, 0.3) is 0 Å². The first-order chi connectivity index (χ1) is 23.2. The number of carbonyl (C=O) groups is 3. The second-order valence-corrected chi connectivity index (χ2v) is 12.7. The Morgan fingerprint density at radius 3 is 2.31 bits per heavy atom. The Hall–Kier alpha value is -4.25. The van der Waals surface area contributed by atoms with Crippen molar-refractivity contribution in [1.29, 1.82) is 0 Å². The Labute approximate surface area is 284 Å². The number of aliphatic hydroxyl groups excluding tert-OH is 1. The summed E-state index contributed by atoms with van der Waals surface area (Å²) in [7, 11) is 1.62. The van der Waals surface area contributed by atoms with Gasteiger partial charge in [0.15, 0.2) is 0 Å². The quantitative estimate of drug-likeness (QED) is 0.141. The van der Waals surface area contributed by atoms with E-state index >= 15 is 0 Å². The predicted octanol–water partition coefficient (Wildman–Crippen LogP) is 2.97. The van der Waals surface area contributed by atoms with Crippen LogP contribution >= 0.6 is 0 Å². The van der Waals surface area contributed by atoms with Crippen LogP contribution < -0.4 is 26.4 Å². The van der Waals surface area contributed by atoms with E-state index in [1.807, 2.05) is 98.8 Å². The first-order valence-electron chi connectivity index (χ1n) is 16.9. The lowest BCUT2D eigenvalue weighted by Gasteiger charge is -2.36. The number of methoxy groups -OCH3 is 1. The van der Waals surface area contributed by atoms with E-state index in [4.69, 9.17) is 10.5 Å². The molecule has 1 unspecified atom stereocenters. The highest BCUT2D eigenvalue weighted by atomic mass is 16.5. The van der Waals surface area contributed by atoms with Crippen LogP contribution in [-0.4, -0.2) is 78.2 Å². The Kier molecular flexibility index (Phi) is 13.5. The average Bonchev–Trinajstić information content (AvgIpc) is 3.44. The minimum atomic E-state index is -1.14. The molecule has 6 N–H and O–H groups in total. The number of benzene rings is 3. The summed E-state index contributed by atoms with van der Waals surface area (Å²) in [5, 5.41) is 20.9. The number of hydrogen-bond acceptors (Lipinski definition) is 7. The molecule has 0 aliphatic carbocycles. The molecule has 0 saturated carbocycles. The van der Waals surface area contributed by atoms with Gasteiger partial charge in [-0.2, -0.15) is 0 Å². The van der Waals surface area contributed by atoms with Gasteiger partial charge in [-0.1, -0.05) is 93.1 Å². The SMILES string of the molecule is CCC(C)[C@@]1(NC(=O)CN)CCN([C@@H](CCc2ccccc2)C(=O)N[C@@H](Cc2ccccc2)[C@@H](O)CNCc2cccc(OC)c2)C1=O. The zero-order valence-electron chi connectivity index (χ0n) is 28.4. The zero-order valence-corrected chi connectivity index (χ0v) is 28.4. The molecule has 1 heterocycles. The van der Waals surface area contributed by atoms with Crippen LogP contribution in [0.25, 0.3) is 0 Å². The zero-order chi connectivity index (χ0) is 34.5. The van der Waals surface area contributed by atoms with Crippen molar-refractivity contribution in [3.8, 4) is 5.75 Å². The largest absolute Gasteiger partial charge is 0.497 e. The van der Waals surface area contributed by atoms with Crippen molar-refractivity contribution in [2.24, 2.45) is 11.7 Å². The van der Waals surface area contributed by atoms with E-state index in [0.717, 1.165) is 22.4 Å². The number of rotatable bonds is 18. The summed E-state index contributed by atoms with van der Waals surface area (Å²) in [5.41, 5.74) is 7.53. The summed E-state index contributed by atoms with van der Waals surface area (Å²) in [6, 6.07) is 25.8. The molecule has 0 spiro atoms. The van der Waals surface area contributed by atoms with Gasteiger partial charge in [-0.15, -0.1) is 0 Å². The van der Waals surface area contributed by atoms with Crippen molar-refractivity contribution in [3.05, 3.63) is 102 Å². The molecule has 1 fully saturated rings. The molecule has 0 aromatic heterocycles. The van der Waals surface area contributed by atoms with Gasteiger partial charge >= 0.3 is 0 Å². The van der Waals surface area contributed by atoms with Gasteiger partial charge in [0, 0.05) is 19.6 Å². The summed E-state index contributed by atoms with van der Waals surface area (Å²) < 4.78 is 5.33. The second-order valence-electron chi connectivity index (χ2n) is 12.7. The molecule has 0 radical (unpaired) electrons. The third kappa shape index (κ3) is 9.43. The molecule has 1 aliphatic rings. The predicted molar refractivity (Wildman–Crippen MR) is 187 cm³/mol. The standard InChI is InChI=1S/C38H51N5O5/c1-4-27(2)38(42-35(45)24-39)20-21-43(37(38)47)33(19-18-28-12-7-5-8-13-28)36(46)41-32(23-29-14-9-6-10-15-29)34(44)26-40-25-30-16-11-17-31(22-30)48-3/h5-17,22,27,32-34,40,44H,4,18-21,23-26,39H2,1-3H3,(H,41,46)(H,42,45)/t27?,32-,33-,34-,38-/m0/s1. The highest BCUT2D eigenvalue weighted by molar-refractivity contribution is 5.97. The van der Waals surface area contributed by atoms with Gasteiger partial charge in [-0.25, -0.2) is 0 Å². The van der Waals surface area contributed by atoms with Crippen molar-refractivity contribution < 1.29 is 24.2 Å². The molecular weight excluding hydrogens is 606 g/mol. The van der Waals surface area contributed by atoms with Gasteiger partial charge in [-0.05, 0) is 60.4 Å². The highest BCUT2D eigenvalue weighted by Crippen LogP contribution is 2.34.